The van der Waals surface area contributed by atoms with Crippen LogP contribution in [0.4, 0.5) is 5.95 Å². The zero-order valence-electron chi connectivity index (χ0n) is 9.59. The number of hydrogen-bond donors (Lipinski definition) is 3. The van der Waals surface area contributed by atoms with Gasteiger partial charge in [-0.15, -0.1) is 0 Å². The fraction of sp³-hybridized carbons (Fsp3) is 0. The first-order chi connectivity index (χ1) is 9.26. The monoisotopic (exact) mass is 276 g/mol. The van der Waals surface area contributed by atoms with E-state index in [9.17, 15) is 0 Å². The molecule has 0 amide bonds. The number of anilines is 1. The molecular weight excluding hydrogens is 268 g/mol. The van der Waals surface area contributed by atoms with Crippen molar-refractivity contribution < 1.29 is 4.74 Å². The van der Waals surface area contributed by atoms with E-state index in [1.165, 1.54) is 0 Å². The summed E-state index contributed by atoms with van der Waals surface area (Å²) in [5.41, 5.74) is 2.91. The second-order valence-electron chi connectivity index (χ2n) is 3.68. The summed E-state index contributed by atoms with van der Waals surface area (Å²) in [5.74, 6) is 6.51. The van der Waals surface area contributed by atoms with Crippen LogP contribution in [0.15, 0.2) is 30.5 Å². The topological polar surface area (TPSA) is 102 Å². The van der Waals surface area contributed by atoms with Gasteiger partial charge in [0.2, 0.25) is 11.8 Å². The van der Waals surface area contributed by atoms with E-state index in [-0.39, 0.29) is 5.95 Å². The fourth-order valence-corrected chi connectivity index (χ4v) is 1.69. The van der Waals surface area contributed by atoms with E-state index in [0.717, 1.165) is 0 Å². The molecule has 1 aromatic carbocycles. The Bertz CT molecular complexity index is 711. The number of fused-ring (bicyclic) bond motifs is 1. The minimum atomic E-state index is 0.237. The molecule has 0 saturated heterocycles. The first-order valence-corrected chi connectivity index (χ1v) is 5.75. The van der Waals surface area contributed by atoms with Crippen molar-refractivity contribution in [3.8, 4) is 11.6 Å². The summed E-state index contributed by atoms with van der Waals surface area (Å²) < 4.78 is 5.68. The van der Waals surface area contributed by atoms with Gasteiger partial charge in [-0.2, -0.15) is 15.1 Å². The van der Waals surface area contributed by atoms with E-state index in [4.69, 9.17) is 22.2 Å². The average molecular weight is 277 g/mol. The van der Waals surface area contributed by atoms with Gasteiger partial charge in [-0.05, 0) is 24.3 Å². The molecule has 0 aliphatic rings. The standard InChI is InChI=1S/C11H9ClN6O/c12-6-1-3-7(4-2-6)19-10-8-5-14-18-9(8)15-11(16-10)17-13/h1-5H,13H2,(H2,14,15,16,17,18). The van der Waals surface area contributed by atoms with Crippen LogP contribution in [0.3, 0.4) is 0 Å². The number of nitrogens with two attached hydrogens (primary N) is 1. The highest BCUT2D eigenvalue weighted by atomic mass is 35.5. The number of H-pyrrole nitrogens is 1. The van der Waals surface area contributed by atoms with Crippen LogP contribution in [-0.2, 0) is 0 Å². The molecule has 0 atom stereocenters. The van der Waals surface area contributed by atoms with Crippen molar-refractivity contribution in [2.75, 3.05) is 5.43 Å². The Morgan fingerprint density at radius 1 is 1.21 bits per heavy atom. The lowest BCUT2D eigenvalue weighted by Crippen LogP contribution is -2.10. The molecule has 19 heavy (non-hydrogen) atoms. The van der Waals surface area contributed by atoms with Gasteiger partial charge in [0.15, 0.2) is 5.65 Å². The molecule has 0 fully saturated rings. The van der Waals surface area contributed by atoms with Crippen LogP contribution in [-0.4, -0.2) is 20.2 Å². The Balaban J connectivity index is 2.03. The number of halogens is 1. The lowest BCUT2D eigenvalue weighted by atomic mass is 10.3. The maximum atomic E-state index is 5.82. The number of aromatic amines is 1. The molecule has 3 aromatic rings. The van der Waals surface area contributed by atoms with Crippen LogP contribution in [0.2, 0.25) is 5.02 Å². The summed E-state index contributed by atoms with van der Waals surface area (Å²) in [6.07, 6.45) is 1.58. The van der Waals surface area contributed by atoms with Crippen LogP contribution in [0.25, 0.3) is 11.0 Å². The van der Waals surface area contributed by atoms with Crippen LogP contribution >= 0.6 is 11.6 Å². The molecular formula is C11H9ClN6O. The molecule has 0 spiro atoms. The molecule has 3 rings (SSSR count). The van der Waals surface area contributed by atoms with Crippen molar-refractivity contribution in [1.82, 2.24) is 20.2 Å². The van der Waals surface area contributed by atoms with Crippen molar-refractivity contribution in [1.29, 1.82) is 0 Å². The van der Waals surface area contributed by atoms with Crippen LogP contribution in [0.5, 0.6) is 11.6 Å². The number of benzene rings is 1. The SMILES string of the molecule is NNc1nc(Oc2ccc(Cl)cc2)c2cn[nH]c2n1. The Morgan fingerprint density at radius 3 is 2.74 bits per heavy atom. The Labute approximate surface area is 112 Å². The van der Waals surface area contributed by atoms with Crippen LogP contribution in [0, 0.1) is 0 Å². The zero-order valence-corrected chi connectivity index (χ0v) is 10.3. The normalized spacial score (nSPS) is 10.6. The summed E-state index contributed by atoms with van der Waals surface area (Å²) in [5, 5.41) is 7.92. The summed E-state index contributed by atoms with van der Waals surface area (Å²) in [4.78, 5) is 8.25. The van der Waals surface area contributed by atoms with Gasteiger partial charge < -0.3 is 4.74 Å². The lowest BCUT2D eigenvalue weighted by molar-refractivity contribution is 0.469. The molecule has 7 nitrogen and oxygen atoms in total. The molecule has 2 heterocycles. The van der Waals surface area contributed by atoms with Gasteiger partial charge >= 0.3 is 0 Å². The molecule has 8 heteroatoms. The summed E-state index contributed by atoms with van der Waals surface area (Å²) >= 11 is 5.82. The maximum Gasteiger partial charge on any atom is 0.242 e. The number of ether oxygens (including phenoxy) is 1. The second kappa shape index (κ2) is 4.71. The number of nitrogens with one attached hydrogen (secondary N) is 2. The third-order valence-electron chi connectivity index (χ3n) is 2.43. The summed E-state index contributed by atoms with van der Waals surface area (Å²) in [6.45, 7) is 0. The number of hydrazine groups is 1. The van der Waals surface area contributed by atoms with Crippen LogP contribution < -0.4 is 16.0 Å². The van der Waals surface area contributed by atoms with E-state index < -0.39 is 0 Å². The third-order valence-corrected chi connectivity index (χ3v) is 2.68. The van der Waals surface area contributed by atoms with Crippen molar-refractivity contribution in [3.05, 3.63) is 35.5 Å². The highest BCUT2D eigenvalue weighted by Crippen LogP contribution is 2.27. The highest BCUT2D eigenvalue weighted by Gasteiger charge is 2.11. The van der Waals surface area contributed by atoms with Gasteiger partial charge in [-0.25, -0.2) is 5.84 Å². The van der Waals surface area contributed by atoms with Gasteiger partial charge in [-0.1, -0.05) is 11.6 Å². The van der Waals surface area contributed by atoms with Crippen molar-refractivity contribution in [2.45, 2.75) is 0 Å². The number of rotatable bonds is 3. The maximum absolute atomic E-state index is 5.82. The van der Waals surface area contributed by atoms with Gasteiger partial charge in [0.05, 0.1) is 6.20 Å². The Morgan fingerprint density at radius 2 is 2.00 bits per heavy atom. The summed E-state index contributed by atoms with van der Waals surface area (Å²) in [6, 6.07) is 6.94. The molecule has 0 bridgehead atoms. The van der Waals surface area contributed by atoms with E-state index >= 15 is 0 Å². The average Bonchev–Trinajstić information content (AvgIpc) is 2.89. The van der Waals surface area contributed by atoms with Crippen molar-refractivity contribution in [2.24, 2.45) is 5.84 Å². The third kappa shape index (κ3) is 2.28. The molecule has 2 aromatic heterocycles. The van der Waals surface area contributed by atoms with E-state index in [0.29, 0.717) is 27.7 Å². The van der Waals surface area contributed by atoms with E-state index in [2.05, 4.69) is 25.6 Å². The smallest absolute Gasteiger partial charge is 0.242 e. The van der Waals surface area contributed by atoms with Crippen LogP contribution in [0.1, 0.15) is 0 Å². The Hall–Kier alpha value is -2.38. The zero-order chi connectivity index (χ0) is 13.2. The molecule has 4 N–H and O–H groups in total. The number of aromatic nitrogens is 4. The first-order valence-electron chi connectivity index (χ1n) is 5.37. The largest absolute Gasteiger partial charge is 0.438 e. The van der Waals surface area contributed by atoms with Gasteiger partial charge in [0.1, 0.15) is 11.1 Å². The first kappa shape index (κ1) is 11.7. The molecule has 0 saturated carbocycles. The van der Waals surface area contributed by atoms with Gasteiger partial charge in [-0.3, -0.25) is 10.5 Å². The number of nitrogen functional groups attached to an aromatic ring is 1. The van der Waals surface area contributed by atoms with Gasteiger partial charge in [0, 0.05) is 5.02 Å². The number of hydrogen-bond acceptors (Lipinski definition) is 6. The number of nitrogens with zero attached hydrogens (tertiary/aromatic N) is 3. The molecule has 0 aliphatic heterocycles. The molecule has 96 valence electrons. The minimum absolute atomic E-state index is 0.237. The predicted molar refractivity (Wildman–Crippen MR) is 71.0 cm³/mol. The predicted octanol–water partition coefficient (Wildman–Crippen LogP) is 2.08. The van der Waals surface area contributed by atoms with Crippen molar-refractivity contribution in [3.63, 3.8) is 0 Å². The molecule has 0 radical (unpaired) electrons. The Kier molecular flexibility index (Phi) is 2.90. The molecule has 0 aliphatic carbocycles. The minimum Gasteiger partial charge on any atom is -0.438 e. The lowest BCUT2D eigenvalue weighted by Gasteiger charge is -2.07. The van der Waals surface area contributed by atoms with E-state index in [1.807, 2.05) is 0 Å². The fourth-order valence-electron chi connectivity index (χ4n) is 1.56. The quantitative estimate of drug-likeness (QED) is 0.500. The van der Waals surface area contributed by atoms with E-state index in [1.54, 1.807) is 30.5 Å². The van der Waals surface area contributed by atoms with Gasteiger partial charge in [0.25, 0.3) is 0 Å². The second-order valence-corrected chi connectivity index (χ2v) is 4.12. The van der Waals surface area contributed by atoms with Crippen molar-refractivity contribution >= 4 is 28.6 Å². The molecule has 0 unspecified atom stereocenters. The highest BCUT2D eigenvalue weighted by molar-refractivity contribution is 6.30. The summed E-state index contributed by atoms with van der Waals surface area (Å²) in [7, 11) is 0.